The average molecular weight is 312 g/mol. The number of tetrazole rings is 1. The van der Waals surface area contributed by atoms with Crippen molar-refractivity contribution in [2.75, 3.05) is 0 Å². The van der Waals surface area contributed by atoms with Crippen LogP contribution in [0.1, 0.15) is 16.2 Å². The summed E-state index contributed by atoms with van der Waals surface area (Å²) in [5.74, 6) is 0.203. The van der Waals surface area contributed by atoms with E-state index >= 15 is 0 Å². The van der Waals surface area contributed by atoms with Gasteiger partial charge in [0.05, 0.1) is 17.0 Å². The second kappa shape index (κ2) is 6.40. The first-order valence-corrected chi connectivity index (χ1v) is 7.52. The SMILES string of the molecule is O=C(O)c1ccccc1SCc1nnnn1-c1ccccc1. The summed E-state index contributed by atoms with van der Waals surface area (Å²) in [6.07, 6.45) is 0. The molecule has 0 amide bonds. The third kappa shape index (κ3) is 2.99. The molecule has 3 aromatic rings. The molecule has 0 saturated carbocycles. The van der Waals surface area contributed by atoms with Gasteiger partial charge in [0.2, 0.25) is 0 Å². The highest BCUT2D eigenvalue weighted by molar-refractivity contribution is 7.98. The van der Waals surface area contributed by atoms with E-state index in [9.17, 15) is 9.90 Å². The molecule has 0 fully saturated rings. The Morgan fingerprint density at radius 1 is 1.09 bits per heavy atom. The Hall–Kier alpha value is -2.67. The van der Waals surface area contributed by atoms with Crippen molar-refractivity contribution >= 4 is 17.7 Å². The molecule has 0 radical (unpaired) electrons. The molecule has 7 heteroatoms. The van der Waals surface area contributed by atoms with Crippen molar-refractivity contribution in [1.29, 1.82) is 0 Å². The van der Waals surface area contributed by atoms with Crippen molar-refractivity contribution in [2.45, 2.75) is 10.6 Å². The van der Waals surface area contributed by atoms with Crippen LogP contribution in [0.25, 0.3) is 5.69 Å². The topological polar surface area (TPSA) is 80.9 Å². The number of nitrogens with zero attached hydrogens (tertiary/aromatic N) is 4. The third-order valence-corrected chi connectivity index (χ3v) is 4.08. The average Bonchev–Trinajstić information content (AvgIpc) is 3.02. The largest absolute Gasteiger partial charge is 0.478 e. The summed E-state index contributed by atoms with van der Waals surface area (Å²) < 4.78 is 1.65. The number of rotatable bonds is 5. The summed E-state index contributed by atoms with van der Waals surface area (Å²) in [4.78, 5) is 11.9. The van der Waals surface area contributed by atoms with Gasteiger partial charge in [-0.2, -0.15) is 4.68 Å². The minimum atomic E-state index is -0.939. The van der Waals surface area contributed by atoms with Crippen LogP contribution in [0.4, 0.5) is 0 Å². The molecule has 0 aliphatic rings. The molecule has 0 unspecified atom stereocenters. The lowest BCUT2D eigenvalue weighted by atomic mass is 10.2. The van der Waals surface area contributed by atoms with E-state index in [2.05, 4.69) is 15.5 Å². The molecule has 3 rings (SSSR count). The second-order valence-electron chi connectivity index (χ2n) is 4.43. The molecular formula is C15H12N4O2S. The van der Waals surface area contributed by atoms with Crippen LogP contribution in [-0.2, 0) is 5.75 Å². The molecule has 0 bridgehead atoms. The molecule has 1 heterocycles. The molecule has 1 aromatic heterocycles. The number of benzene rings is 2. The Bertz CT molecular complexity index is 789. The standard InChI is InChI=1S/C15H12N4O2S/c20-15(21)12-8-4-5-9-13(12)22-10-14-16-17-18-19(14)11-6-2-1-3-7-11/h1-9H,10H2,(H,20,21). The fraction of sp³-hybridized carbons (Fsp3) is 0.0667. The summed E-state index contributed by atoms with van der Waals surface area (Å²) in [6, 6.07) is 16.5. The van der Waals surface area contributed by atoms with Crippen LogP contribution in [0.2, 0.25) is 0 Å². The van der Waals surface area contributed by atoms with Crippen molar-refractivity contribution in [3.8, 4) is 5.69 Å². The zero-order valence-corrected chi connectivity index (χ0v) is 12.3. The molecule has 0 spiro atoms. The highest BCUT2D eigenvalue weighted by atomic mass is 32.2. The monoisotopic (exact) mass is 312 g/mol. The molecule has 110 valence electrons. The molecular weight excluding hydrogens is 300 g/mol. The summed E-state index contributed by atoms with van der Waals surface area (Å²) >= 11 is 1.40. The molecule has 0 saturated heterocycles. The number of hydrogen-bond donors (Lipinski definition) is 1. The van der Waals surface area contributed by atoms with Crippen molar-refractivity contribution < 1.29 is 9.90 Å². The number of carboxylic acid groups (broad SMARTS) is 1. The zero-order valence-electron chi connectivity index (χ0n) is 11.5. The van der Waals surface area contributed by atoms with Gasteiger partial charge in [-0.15, -0.1) is 16.9 Å². The Morgan fingerprint density at radius 2 is 1.82 bits per heavy atom. The molecule has 0 aliphatic heterocycles. The first kappa shape index (κ1) is 14.3. The first-order valence-electron chi connectivity index (χ1n) is 6.53. The van der Waals surface area contributed by atoms with Crippen LogP contribution in [-0.4, -0.2) is 31.3 Å². The zero-order chi connectivity index (χ0) is 15.4. The van der Waals surface area contributed by atoms with Gasteiger partial charge >= 0.3 is 5.97 Å². The Morgan fingerprint density at radius 3 is 2.59 bits per heavy atom. The van der Waals surface area contributed by atoms with E-state index in [4.69, 9.17) is 0 Å². The molecule has 1 N–H and O–H groups in total. The van der Waals surface area contributed by atoms with Gasteiger partial charge in [0.1, 0.15) is 0 Å². The lowest BCUT2D eigenvalue weighted by molar-refractivity contribution is 0.0693. The van der Waals surface area contributed by atoms with Gasteiger partial charge in [-0.1, -0.05) is 30.3 Å². The van der Waals surface area contributed by atoms with Gasteiger partial charge < -0.3 is 5.11 Å². The summed E-state index contributed by atoms with van der Waals surface area (Å²) in [5, 5.41) is 20.9. The van der Waals surface area contributed by atoms with Gasteiger partial charge in [0.25, 0.3) is 0 Å². The van der Waals surface area contributed by atoms with E-state index in [0.717, 1.165) is 5.69 Å². The van der Waals surface area contributed by atoms with Crippen LogP contribution in [0.5, 0.6) is 0 Å². The number of hydrogen-bond acceptors (Lipinski definition) is 5. The van der Waals surface area contributed by atoms with Crippen LogP contribution in [0, 0.1) is 0 Å². The summed E-state index contributed by atoms with van der Waals surface area (Å²) in [6.45, 7) is 0. The van der Waals surface area contributed by atoms with Crippen LogP contribution >= 0.6 is 11.8 Å². The van der Waals surface area contributed by atoms with Gasteiger partial charge in [-0.25, -0.2) is 4.79 Å². The van der Waals surface area contributed by atoms with Crippen molar-refractivity contribution in [3.63, 3.8) is 0 Å². The fourth-order valence-corrected chi connectivity index (χ4v) is 2.93. The van der Waals surface area contributed by atoms with E-state index in [-0.39, 0.29) is 5.56 Å². The normalized spacial score (nSPS) is 10.5. The fourth-order valence-electron chi connectivity index (χ4n) is 1.98. The van der Waals surface area contributed by atoms with Gasteiger partial charge in [-0.3, -0.25) is 0 Å². The Kier molecular flexibility index (Phi) is 4.15. The second-order valence-corrected chi connectivity index (χ2v) is 5.45. The van der Waals surface area contributed by atoms with E-state index in [1.54, 1.807) is 22.9 Å². The summed E-state index contributed by atoms with van der Waals surface area (Å²) in [7, 11) is 0. The highest BCUT2D eigenvalue weighted by Crippen LogP contribution is 2.26. The number of thioether (sulfide) groups is 1. The Balaban J connectivity index is 1.82. The van der Waals surface area contributed by atoms with Crippen LogP contribution in [0.15, 0.2) is 59.5 Å². The molecule has 6 nitrogen and oxygen atoms in total. The van der Waals surface area contributed by atoms with Gasteiger partial charge in [0.15, 0.2) is 5.82 Å². The Labute approximate surface area is 130 Å². The predicted octanol–water partition coefficient (Wildman–Crippen LogP) is 2.65. The van der Waals surface area contributed by atoms with E-state index in [0.29, 0.717) is 16.5 Å². The van der Waals surface area contributed by atoms with Crippen LogP contribution in [0.3, 0.4) is 0 Å². The number of aromatic carboxylic acids is 1. The third-order valence-electron chi connectivity index (χ3n) is 3.01. The number of carbonyl (C=O) groups is 1. The van der Waals surface area contributed by atoms with Crippen molar-refractivity contribution in [3.05, 3.63) is 66.0 Å². The lowest BCUT2D eigenvalue weighted by Gasteiger charge is -2.06. The van der Waals surface area contributed by atoms with Crippen molar-refractivity contribution in [1.82, 2.24) is 20.2 Å². The van der Waals surface area contributed by atoms with E-state index in [1.165, 1.54) is 11.8 Å². The summed E-state index contributed by atoms with van der Waals surface area (Å²) in [5.41, 5.74) is 1.15. The number of aromatic nitrogens is 4. The highest BCUT2D eigenvalue weighted by Gasteiger charge is 2.12. The predicted molar refractivity (Wildman–Crippen MR) is 82.1 cm³/mol. The maximum atomic E-state index is 11.2. The van der Waals surface area contributed by atoms with Gasteiger partial charge in [-0.05, 0) is 34.7 Å². The minimum Gasteiger partial charge on any atom is -0.478 e. The van der Waals surface area contributed by atoms with E-state index in [1.807, 2.05) is 36.4 Å². The quantitative estimate of drug-likeness (QED) is 0.729. The molecule has 22 heavy (non-hydrogen) atoms. The van der Waals surface area contributed by atoms with Gasteiger partial charge in [0, 0.05) is 4.90 Å². The maximum Gasteiger partial charge on any atom is 0.336 e. The lowest BCUT2D eigenvalue weighted by Crippen LogP contribution is -2.03. The number of para-hydroxylation sites is 1. The molecule has 2 aromatic carbocycles. The van der Waals surface area contributed by atoms with Crippen molar-refractivity contribution in [2.24, 2.45) is 0 Å². The van der Waals surface area contributed by atoms with Crippen LogP contribution < -0.4 is 0 Å². The van der Waals surface area contributed by atoms with E-state index < -0.39 is 5.97 Å². The molecule has 0 atom stereocenters. The number of carboxylic acids is 1. The maximum absolute atomic E-state index is 11.2. The minimum absolute atomic E-state index is 0.284. The molecule has 0 aliphatic carbocycles. The first-order chi connectivity index (χ1) is 10.8. The smallest absolute Gasteiger partial charge is 0.336 e.